The summed E-state index contributed by atoms with van der Waals surface area (Å²) in [5.41, 5.74) is 1.47. The van der Waals surface area contributed by atoms with Crippen LogP contribution in [0.1, 0.15) is 28.8 Å². The van der Waals surface area contributed by atoms with Gasteiger partial charge in [-0.3, -0.25) is 4.79 Å². The van der Waals surface area contributed by atoms with Gasteiger partial charge in [-0.2, -0.15) is 0 Å². The van der Waals surface area contributed by atoms with Gasteiger partial charge in [-0.05, 0) is 39.7 Å². The molecule has 3 heteroatoms. The van der Waals surface area contributed by atoms with Crippen LogP contribution in [-0.2, 0) is 0 Å². The van der Waals surface area contributed by atoms with E-state index >= 15 is 0 Å². The number of rotatable bonds is 3. The summed E-state index contributed by atoms with van der Waals surface area (Å²) in [7, 11) is 0. The first-order valence-electron chi connectivity index (χ1n) is 5.64. The number of benzene rings is 2. The van der Waals surface area contributed by atoms with E-state index in [0.717, 1.165) is 5.56 Å². The normalized spacial score (nSPS) is 12.2. The molecule has 0 spiro atoms. The zero-order valence-electron chi connectivity index (χ0n) is 9.86. The van der Waals surface area contributed by atoms with Gasteiger partial charge in [-0.1, -0.05) is 37.3 Å². The van der Waals surface area contributed by atoms with Gasteiger partial charge in [0.05, 0.1) is 4.47 Å². The lowest BCUT2D eigenvalue weighted by Gasteiger charge is -2.11. The number of carbonyl (C=O) groups is 1. The highest BCUT2D eigenvalue weighted by molar-refractivity contribution is 9.10. The maximum Gasteiger partial charge on any atom is 0.170 e. The summed E-state index contributed by atoms with van der Waals surface area (Å²) in [6.07, 6.45) is 0. The van der Waals surface area contributed by atoms with Crippen LogP contribution in [-0.4, -0.2) is 5.78 Å². The lowest BCUT2D eigenvalue weighted by molar-refractivity contribution is 0.0966. The molecule has 0 N–H and O–H groups in total. The summed E-state index contributed by atoms with van der Waals surface area (Å²) in [5.74, 6) is -0.607. The summed E-state index contributed by atoms with van der Waals surface area (Å²) in [4.78, 5) is 12.3. The average molecular weight is 307 g/mol. The topological polar surface area (TPSA) is 17.1 Å². The molecule has 0 aromatic heterocycles. The van der Waals surface area contributed by atoms with E-state index in [2.05, 4.69) is 15.9 Å². The Hall–Kier alpha value is -1.48. The Morgan fingerprint density at radius 1 is 1.17 bits per heavy atom. The Bertz CT molecular complexity index is 566. The van der Waals surface area contributed by atoms with Crippen molar-refractivity contribution in [1.82, 2.24) is 0 Å². The van der Waals surface area contributed by atoms with Gasteiger partial charge in [0, 0.05) is 11.5 Å². The fourth-order valence-corrected chi connectivity index (χ4v) is 2.17. The minimum absolute atomic E-state index is 0.0121. The molecule has 1 nitrogen and oxygen atoms in total. The molecule has 2 aromatic carbocycles. The van der Waals surface area contributed by atoms with E-state index in [4.69, 9.17) is 0 Å². The zero-order chi connectivity index (χ0) is 13.1. The fraction of sp³-hybridized carbons (Fsp3) is 0.133. The largest absolute Gasteiger partial charge is 0.294 e. The second kappa shape index (κ2) is 5.44. The smallest absolute Gasteiger partial charge is 0.170 e. The molecule has 0 aliphatic heterocycles. The maximum atomic E-state index is 13.1. The van der Waals surface area contributed by atoms with Crippen LogP contribution in [0.25, 0.3) is 0 Å². The predicted molar refractivity (Wildman–Crippen MR) is 73.3 cm³/mol. The standard InChI is InChI=1S/C15H12BrFO/c1-10(11-5-3-2-4-6-11)15(18)12-7-8-14(17)13(16)9-12/h2-10H,1H3. The number of halogens is 2. The van der Waals surface area contributed by atoms with Gasteiger partial charge in [0.2, 0.25) is 0 Å². The van der Waals surface area contributed by atoms with Gasteiger partial charge in [-0.25, -0.2) is 4.39 Å². The molecule has 0 radical (unpaired) electrons. The van der Waals surface area contributed by atoms with Crippen molar-refractivity contribution in [3.63, 3.8) is 0 Å². The minimum atomic E-state index is -0.362. The molecule has 0 fully saturated rings. The van der Waals surface area contributed by atoms with Crippen LogP contribution in [0.4, 0.5) is 4.39 Å². The Morgan fingerprint density at radius 3 is 2.44 bits per heavy atom. The number of carbonyl (C=O) groups excluding carboxylic acids is 1. The average Bonchev–Trinajstić information content (AvgIpc) is 2.41. The van der Waals surface area contributed by atoms with Gasteiger partial charge in [0.15, 0.2) is 5.78 Å². The highest BCUT2D eigenvalue weighted by Crippen LogP contribution is 2.23. The van der Waals surface area contributed by atoms with Gasteiger partial charge < -0.3 is 0 Å². The van der Waals surface area contributed by atoms with E-state index in [9.17, 15) is 9.18 Å². The summed E-state index contributed by atoms with van der Waals surface area (Å²) in [5, 5.41) is 0. The van der Waals surface area contributed by atoms with E-state index in [1.807, 2.05) is 37.3 Å². The summed E-state index contributed by atoms with van der Waals surface area (Å²) in [6.45, 7) is 1.86. The molecule has 18 heavy (non-hydrogen) atoms. The second-order valence-electron chi connectivity index (χ2n) is 4.13. The lowest BCUT2D eigenvalue weighted by atomic mass is 9.92. The van der Waals surface area contributed by atoms with E-state index < -0.39 is 0 Å². The van der Waals surface area contributed by atoms with Crippen molar-refractivity contribution in [2.24, 2.45) is 0 Å². The minimum Gasteiger partial charge on any atom is -0.294 e. The van der Waals surface area contributed by atoms with Crippen molar-refractivity contribution in [2.75, 3.05) is 0 Å². The quantitative estimate of drug-likeness (QED) is 0.759. The first-order valence-corrected chi connectivity index (χ1v) is 6.43. The van der Waals surface area contributed by atoms with E-state index in [-0.39, 0.29) is 17.5 Å². The van der Waals surface area contributed by atoms with Crippen molar-refractivity contribution in [2.45, 2.75) is 12.8 Å². The van der Waals surface area contributed by atoms with E-state index in [1.165, 1.54) is 18.2 Å². The zero-order valence-corrected chi connectivity index (χ0v) is 11.4. The second-order valence-corrected chi connectivity index (χ2v) is 4.98. The molecule has 0 aliphatic rings. The van der Waals surface area contributed by atoms with Crippen LogP contribution in [0.5, 0.6) is 0 Å². The number of hydrogen-bond donors (Lipinski definition) is 0. The van der Waals surface area contributed by atoms with E-state index in [0.29, 0.717) is 10.0 Å². The molecule has 0 aliphatic carbocycles. The first kappa shape index (κ1) is 13.0. The molecule has 1 atom stereocenters. The summed E-state index contributed by atoms with van der Waals surface area (Å²) >= 11 is 3.09. The molecule has 2 aromatic rings. The van der Waals surface area contributed by atoms with Crippen LogP contribution in [0, 0.1) is 5.82 Å². The van der Waals surface area contributed by atoms with Crippen molar-refractivity contribution in [3.8, 4) is 0 Å². The SMILES string of the molecule is CC(C(=O)c1ccc(F)c(Br)c1)c1ccccc1. The Labute approximate surface area is 114 Å². The first-order chi connectivity index (χ1) is 8.59. The third-order valence-electron chi connectivity index (χ3n) is 2.90. The van der Waals surface area contributed by atoms with Crippen molar-refractivity contribution < 1.29 is 9.18 Å². The van der Waals surface area contributed by atoms with Crippen LogP contribution < -0.4 is 0 Å². The Balaban J connectivity index is 2.29. The van der Waals surface area contributed by atoms with E-state index in [1.54, 1.807) is 0 Å². The third kappa shape index (κ3) is 2.67. The maximum absolute atomic E-state index is 13.1. The molecule has 2 rings (SSSR count). The number of ketones is 1. The molecular weight excluding hydrogens is 295 g/mol. The Morgan fingerprint density at radius 2 is 1.83 bits per heavy atom. The molecule has 0 amide bonds. The van der Waals surface area contributed by atoms with Gasteiger partial charge in [0.1, 0.15) is 5.82 Å². The van der Waals surface area contributed by atoms with Crippen LogP contribution in [0.3, 0.4) is 0 Å². The lowest BCUT2D eigenvalue weighted by Crippen LogP contribution is -2.09. The highest BCUT2D eigenvalue weighted by Gasteiger charge is 2.17. The summed E-state index contributed by atoms with van der Waals surface area (Å²) < 4.78 is 13.4. The molecule has 0 heterocycles. The van der Waals surface area contributed by atoms with Crippen molar-refractivity contribution in [1.29, 1.82) is 0 Å². The van der Waals surface area contributed by atoms with Crippen LogP contribution >= 0.6 is 15.9 Å². The van der Waals surface area contributed by atoms with Gasteiger partial charge >= 0.3 is 0 Å². The molecule has 92 valence electrons. The molecule has 0 bridgehead atoms. The fourth-order valence-electron chi connectivity index (χ4n) is 1.79. The van der Waals surface area contributed by atoms with Gasteiger partial charge in [0.25, 0.3) is 0 Å². The number of hydrogen-bond acceptors (Lipinski definition) is 1. The van der Waals surface area contributed by atoms with Crippen molar-refractivity contribution in [3.05, 3.63) is 69.9 Å². The van der Waals surface area contributed by atoms with Gasteiger partial charge in [-0.15, -0.1) is 0 Å². The molecule has 0 saturated heterocycles. The van der Waals surface area contributed by atoms with Crippen LogP contribution in [0.15, 0.2) is 53.0 Å². The molecule has 1 unspecified atom stereocenters. The van der Waals surface area contributed by atoms with Crippen molar-refractivity contribution >= 4 is 21.7 Å². The number of Topliss-reactive ketones (excluding diaryl/α,β-unsaturated/α-hetero) is 1. The highest BCUT2D eigenvalue weighted by atomic mass is 79.9. The molecular formula is C15H12BrFO. The third-order valence-corrected chi connectivity index (χ3v) is 3.50. The van der Waals surface area contributed by atoms with Crippen LogP contribution in [0.2, 0.25) is 0 Å². The predicted octanol–water partition coefficient (Wildman–Crippen LogP) is 4.57. The Kier molecular flexibility index (Phi) is 3.92. The monoisotopic (exact) mass is 306 g/mol. The molecule has 0 saturated carbocycles. The summed E-state index contributed by atoms with van der Waals surface area (Å²) in [6, 6.07) is 13.9.